The lowest BCUT2D eigenvalue weighted by molar-refractivity contribution is 0.100. The molecule has 0 atom stereocenters. The van der Waals surface area contributed by atoms with Gasteiger partial charge in [-0.3, -0.25) is 14.3 Å². The average Bonchev–Trinajstić information content (AvgIpc) is 3.34. The molecule has 11 heteroatoms. The third-order valence-corrected chi connectivity index (χ3v) is 6.39. The molecule has 0 aliphatic rings. The molecule has 0 aliphatic carbocycles. The molecular formula is C21H16BrF2N5O2S. The second kappa shape index (κ2) is 8.75. The lowest BCUT2D eigenvalue weighted by atomic mass is 10.0. The molecule has 4 aromatic rings. The van der Waals surface area contributed by atoms with E-state index in [2.05, 4.69) is 31.3 Å². The molecule has 0 saturated carbocycles. The van der Waals surface area contributed by atoms with Crippen molar-refractivity contribution in [3.63, 3.8) is 0 Å². The highest BCUT2D eigenvalue weighted by Gasteiger charge is 2.26. The lowest BCUT2D eigenvalue weighted by Gasteiger charge is -2.10. The molecule has 3 N–H and O–H groups in total. The van der Waals surface area contributed by atoms with Gasteiger partial charge in [0.1, 0.15) is 15.4 Å². The number of aromatic nitrogens is 3. The minimum Gasteiger partial charge on any atom is -0.365 e. The van der Waals surface area contributed by atoms with Crippen LogP contribution in [0.5, 0.6) is 0 Å². The van der Waals surface area contributed by atoms with Gasteiger partial charge in [0, 0.05) is 18.1 Å². The van der Waals surface area contributed by atoms with Crippen LogP contribution in [-0.4, -0.2) is 26.6 Å². The summed E-state index contributed by atoms with van der Waals surface area (Å²) in [5.74, 6) is -1.39. The number of carbonyl (C=O) groups is 2. The van der Waals surface area contributed by atoms with Crippen LogP contribution in [-0.2, 0) is 6.54 Å². The third-order valence-electron chi connectivity index (χ3n) is 4.71. The summed E-state index contributed by atoms with van der Waals surface area (Å²) in [6.45, 7) is 2.43. The molecule has 0 saturated heterocycles. The van der Waals surface area contributed by atoms with Gasteiger partial charge in [0.15, 0.2) is 5.69 Å². The Hall–Kier alpha value is -3.18. The SMILES string of the molecule is CCn1cc(Br)c(C(=O)Nc2c(C(N)=O)sc3nc(C(F)F)cc(-c4ccccc4)c23)n1. The van der Waals surface area contributed by atoms with Crippen LogP contribution in [0.1, 0.15) is 39.2 Å². The largest absolute Gasteiger partial charge is 0.365 e. The van der Waals surface area contributed by atoms with Crippen LogP contribution in [0.3, 0.4) is 0 Å². The maximum Gasteiger partial charge on any atom is 0.280 e. The highest BCUT2D eigenvalue weighted by Crippen LogP contribution is 2.42. The van der Waals surface area contributed by atoms with E-state index in [1.807, 2.05) is 6.92 Å². The van der Waals surface area contributed by atoms with E-state index >= 15 is 0 Å². The smallest absolute Gasteiger partial charge is 0.280 e. The number of benzene rings is 1. The third kappa shape index (κ3) is 4.00. The Morgan fingerprint density at radius 3 is 2.59 bits per heavy atom. The second-order valence-corrected chi connectivity index (χ2v) is 8.60. The summed E-state index contributed by atoms with van der Waals surface area (Å²) in [6, 6.07) is 10.1. The number of hydrogen-bond donors (Lipinski definition) is 2. The van der Waals surface area contributed by atoms with Crippen molar-refractivity contribution in [2.24, 2.45) is 5.73 Å². The van der Waals surface area contributed by atoms with Crippen LogP contribution in [0.4, 0.5) is 14.5 Å². The zero-order valence-electron chi connectivity index (χ0n) is 16.6. The molecule has 0 bridgehead atoms. The standard InChI is InChI=1S/C21H16BrF2N5O2S/c1-2-29-9-12(22)15(28-29)20(31)27-16-14-11(10-6-4-3-5-7-10)8-13(18(23)24)26-21(14)32-17(16)19(25)30/h3-9,18H,2H2,1H3,(H2,25,30)(H,27,31). The highest BCUT2D eigenvalue weighted by atomic mass is 79.9. The van der Waals surface area contributed by atoms with Crippen molar-refractivity contribution in [3.8, 4) is 11.1 Å². The van der Waals surface area contributed by atoms with Gasteiger partial charge in [0.25, 0.3) is 18.2 Å². The van der Waals surface area contributed by atoms with Gasteiger partial charge in [0.2, 0.25) is 0 Å². The molecule has 0 spiro atoms. The number of nitrogens with two attached hydrogens (primary N) is 1. The normalized spacial score (nSPS) is 11.3. The summed E-state index contributed by atoms with van der Waals surface area (Å²) in [5, 5.41) is 7.28. The number of hydrogen-bond acceptors (Lipinski definition) is 5. The maximum atomic E-state index is 13.5. The fourth-order valence-electron chi connectivity index (χ4n) is 3.25. The van der Waals surface area contributed by atoms with Gasteiger partial charge < -0.3 is 11.1 Å². The summed E-state index contributed by atoms with van der Waals surface area (Å²) in [4.78, 5) is 29.4. The molecule has 4 rings (SSSR count). The number of alkyl halides is 2. The van der Waals surface area contributed by atoms with E-state index in [1.54, 1.807) is 41.2 Å². The van der Waals surface area contributed by atoms with Crippen molar-refractivity contribution in [1.29, 1.82) is 0 Å². The number of fused-ring (bicyclic) bond motifs is 1. The van der Waals surface area contributed by atoms with Crippen molar-refractivity contribution in [2.45, 2.75) is 19.9 Å². The van der Waals surface area contributed by atoms with Gasteiger partial charge in [0.05, 0.1) is 10.2 Å². The number of nitrogens with one attached hydrogen (secondary N) is 1. The topological polar surface area (TPSA) is 103 Å². The molecule has 1 aromatic carbocycles. The van der Waals surface area contributed by atoms with E-state index in [0.717, 1.165) is 11.3 Å². The molecule has 3 aromatic heterocycles. The van der Waals surface area contributed by atoms with E-state index in [9.17, 15) is 18.4 Å². The molecule has 2 amide bonds. The Morgan fingerprint density at radius 1 is 1.28 bits per heavy atom. The minimum absolute atomic E-state index is 0.00972. The fourth-order valence-corrected chi connectivity index (χ4v) is 4.76. The Morgan fingerprint density at radius 2 is 2.00 bits per heavy atom. The van der Waals surface area contributed by atoms with Crippen LogP contribution in [0.2, 0.25) is 0 Å². The number of amides is 2. The summed E-state index contributed by atoms with van der Waals surface area (Å²) in [7, 11) is 0. The zero-order valence-corrected chi connectivity index (χ0v) is 19.0. The van der Waals surface area contributed by atoms with Crippen LogP contribution >= 0.6 is 27.3 Å². The highest BCUT2D eigenvalue weighted by molar-refractivity contribution is 9.10. The Labute approximate surface area is 193 Å². The molecule has 0 radical (unpaired) electrons. The van der Waals surface area contributed by atoms with Gasteiger partial charge in [-0.05, 0) is 40.0 Å². The molecule has 0 fully saturated rings. The predicted molar refractivity (Wildman–Crippen MR) is 122 cm³/mol. The van der Waals surface area contributed by atoms with Gasteiger partial charge in [-0.2, -0.15) is 5.10 Å². The van der Waals surface area contributed by atoms with Crippen LogP contribution in [0.25, 0.3) is 21.3 Å². The van der Waals surface area contributed by atoms with E-state index in [1.165, 1.54) is 6.07 Å². The Balaban J connectivity index is 1.94. The Kier molecular flexibility index (Phi) is 6.02. The first-order valence-corrected chi connectivity index (χ1v) is 11.1. The van der Waals surface area contributed by atoms with Crippen LogP contribution in [0, 0.1) is 0 Å². The molecule has 3 heterocycles. The number of rotatable bonds is 6. The van der Waals surface area contributed by atoms with Crippen LogP contribution in [0.15, 0.2) is 47.1 Å². The van der Waals surface area contributed by atoms with Crippen LogP contribution < -0.4 is 11.1 Å². The first-order chi connectivity index (χ1) is 15.3. The number of nitrogens with zero attached hydrogens (tertiary/aromatic N) is 3. The minimum atomic E-state index is -2.81. The first kappa shape index (κ1) is 22.0. The van der Waals surface area contributed by atoms with Crippen molar-refractivity contribution in [1.82, 2.24) is 14.8 Å². The number of thiophene rings is 1. The first-order valence-electron chi connectivity index (χ1n) is 9.45. The van der Waals surface area contributed by atoms with Gasteiger partial charge in [-0.15, -0.1) is 11.3 Å². The number of primary amides is 1. The maximum absolute atomic E-state index is 13.5. The molecule has 7 nitrogen and oxygen atoms in total. The number of aryl methyl sites for hydroxylation is 1. The summed E-state index contributed by atoms with van der Waals surface area (Å²) >= 11 is 4.16. The van der Waals surface area contributed by atoms with Crippen molar-refractivity contribution in [3.05, 3.63) is 63.3 Å². The number of pyridine rings is 1. The average molecular weight is 520 g/mol. The van der Waals surface area contributed by atoms with Crippen molar-refractivity contribution in [2.75, 3.05) is 5.32 Å². The quantitative estimate of drug-likeness (QED) is 0.364. The van der Waals surface area contributed by atoms with Crippen molar-refractivity contribution < 1.29 is 18.4 Å². The molecule has 164 valence electrons. The monoisotopic (exact) mass is 519 g/mol. The molecule has 0 unspecified atom stereocenters. The number of halogens is 3. The molecular weight excluding hydrogens is 504 g/mol. The fraction of sp³-hybridized carbons (Fsp3) is 0.143. The molecule has 32 heavy (non-hydrogen) atoms. The lowest BCUT2D eigenvalue weighted by Crippen LogP contribution is -2.17. The van der Waals surface area contributed by atoms with E-state index in [-0.39, 0.29) is 21.1 Å². The predicted octanol–water partition coefficient (Wildman–Crippen LogP) is 5.23. The van der Waals surface area contributed by atoms with Crippen molar-refractivity contribution >= 4 is 55.0 Å². The Bertz CT molecular complexity index is 1340. The molecule has 0 aliphatic heterocycles. The number of anilines is 1. The second-order valence-electron chi connectivity index (χ2n) is 6.75. The van der Waals surface area contributed by atoms with Gasteiger partial charge in [-0.25, -0.2) is 13.8 Å². The number of carbonyl (C=O) groups excluding carboxylic acids is 2. The van der Waals surface area contributed by atoms with E-state index < -0.39 is 23.9 Å². The summed E-state index contributed by atoms with van der Waals surface area (Å²) in [6.07, 6.45) is -1.16. The van der Waals surface area contributed by atoms with E-state index in [0.29, 0.717) is 27.5 Å². The van der Waals surface area contributed by atoms with E-state index in [4.69, 9.17) is 5.73 Å². The summed E-state index contributed by atoms with van der Waals surface area (Å²) in [5.41, 5.74) is 6.38. The van der Waals surface area contributed by atoms with Gasteiger partial charge in [-0.1, -0.05) is 30.3 Å². The zero-order chi connectivity index (χ0) is 23.0. The summed E-state index contributed by atoms with van der Waals surface area (Å²) < 4.78 is 29.1. The van der Waals surface area contributed by atoms with Gasteiger partial charge >= 0.3 is 0 Å².